The van der Waals surface area contributed by atoms with E-state index >= 15 is 0 Å². The number of hydrogen-bond donors (Lipinski definition) is 0. The van der Waals surface area contributed by atoms with Crippen molar-refractivity contribution in [3.63, 3.8) is 0 Å². The molecule has 0 aliphatic rings. The third-order valence-electron chi connectivity index (χ3n) is 2.95. The molecule has 0 unspecified atom stereocenters. The largest absolute Gasteiger partial charge is 0.459 e. The van der Waals surface area contributed by atoms with Crippen LogP contribution in [0.15, 0.2) is 38.3 Å². The summed E-state index contributed by atoms with van der Waals surface area (Å²) >= 11 is 1.40. The molecule has 0 amide bonds. The van der Waals surface area contributed by atoms with Crippen LogP contribution in [0.1, 0.15) is 22.7 Å². The zero-order valence-electron chi connectivity index (χ0n) is 12.0. The predicted molar refractivity (Wildman–Crippen MR) is 80.0 cm³/mol. The summed E-state index contributed by atoms with van der Waals surface area (Å²) in [6.07, 6.45) is 1.55. The van der Waals surface area contributed by atoms with Crippen molar-refractivity contribution in [3.05, 3.63) is 47.2 Å². The van der Waals surface area contributed by atoms with E-state index in [1.807, 2.05) is 19.9 Å². The minimum atomic E-state index is 0.342. The van der Waals surface area contributed by atoms with Gasteiger partial charge in [-0.05, 0) is 37.6 Å². The first-order chi connectivity index (χ1) is 10.7. The lowest BCUT2D eigenvalue weighted by molar-refractivity contribution is 0.494. The second-order valence-electron chi connectivity index (χ2n) is 4.64. The van der Waals surface area contributed by atoms with Gasteiger partial charge in [-0.25, -0.2) is 4.98 Å². The number of aromatic nitrogens is 3. The lowest BCUT2D eigenvalue weighted by atomic mass is 10.1. The summed E-state index contributed by atoms with van der Waals surface area (Å²) in [6, 6.07) is 7.59. The molecule has 22 heavy (non-hydrogen) atoms. The molecule has 0 aromatic carbocycles. The molecule has 3 rings (SSSR count). The van der Waals surface area contributed by atoms with Crippen LogP contribution in [-0.4, -0.2) is 15.2 Å². The van der Waals surface area contributed by atoms with Gasteiger partial charge in [0.05, 0.1) is 17.6 Å². The first-order valence-electron chi connectivity index (χ1n) is 6.55. The lowest BCUT2D eigenvalue weighted by Gasteiger charge is -2.05. The zero-order valence-corrected chi connectivity index (χ0v) is 12.8. The van der Waals surface area contributed by atoms with Crippen LogP contribution in [0, 0.1) is 25.2 Å². The topological polar surface area (TPSA) is 88.7 Å². The van der Waals surface area contributed by atoms with Crippen LogP contribution in [0.3, 0.4) is 0 Å². The Labute approximate surface area is 131 Å². The quantitative estimate of drug-likeness (QED) is 0.681. The number of thioether (sulfide) groups is 1. The molecule has 110 valence electrons. The first kappa shape index (κ1) is 14.4. The second kappa shape index (κ2) is 6.03. The maximum absolute atomic E-state index is 9.25. The lowest BCUT2D eigenvalue weighted by Crippen LogP contribution is -1.94. The molecule has 6 nitrogen and oxygen atoms in total. The molecule has 0 fully saturated rings. The summed E-state index contributed by atoms with van der Waals surface area (Å²) in [5, 5.41) is 17.8. The smallest absolute Gasteiger partial charge is 0.283 e. The number of hydrogen-bond acceptors (Lipinski definition) is 7. The van der Waals surface area contributed by atoms with Crippen LogP contribution in [0.25, 0.3) is 11.7 Å². The van der Waals surface area contributed by atoms with Crippen molar-refractivity contribution >= 4 is 11.8 Å². The number of pyridine rings is 1. The molecule has 0 saturated heterocycles. The summed E-state index contributed by atoms with van der Waals surface area (Å²) in [5.41, 5.74) is 2.38. The van der Waals surface area contributed by atoms with Crippen LogP contribution in [-0.2, 0) is 5.75 Å². The third kappa shape index (κ3) is 2.87. The Kier molecular flexibility index (Phi) is 3.94. The highest BCUT2D eigenvalue weighted by Crippen LogP contribution is 2.27. The molecule has 3 aromatic rings. The van der Waals surface area contributed by atoms with Crippen molar-refractivity contribution in [2.45, 2.75) is 24.6 Å². The van der Waals surface area contributed by atoms with Crippen LogP contribution in [0.2, 0.25) is 0 Å². The van der Waals surface area contributed by atoms with Gasteiger partial charge in [-0.15, -0.1) is 10.2 Å². The molecule has 3 heterocycles. The highest BCUT2D eigenvalue weighted by Gasteiger charge is 2.14. The van der Waals surface area contributed by atoms with Gasteiger partial charge in [-0.3, -0.25) is 0 Å². The van der Waals surface area contributed by atoms with Gasteiger partial charge in [-0.2, -0.15) is 5.26 Å². The number of rotatable bonds is 4. The van der Waals surface area contributed by atoms with E-state index < -0.39 is 0 Å². The van der Waals surface area contributed by atoms with Gasteiger partial charge in [0.1, 0.15) is 11.1 Å². The van der Waals surface area contributed by atoms with E-state index in [-0.39, 0.29) is 0 Å². The Morgan fingerprint density at radius 2 is 2.18 bits per heavy atom. The Morgan fingerprint density at radius 1 is 1.32 bits per heavy atom. The SMILES string of the molecule is Cc1cc(C)c(C#N)c(SCc2nnc(-c3ccco3)o2)n1. The maximum atomic E-state index is 9.25. The number of furan rings is 1. The Balaban J connectivity index is 1.78. The van der Waals surface area contributed by atoms with Gasteiger partial charge in [-0.1, -0.05) is 11.8 Å². The third-order valence-corrected chi connectivity index (χ3v) is 3.91. The minimum absolute atomic E-state index is 0.342. The molecule has 0 aliphatic heterocycles. The molecule has 0 N–H and O–H groups in total. The highest BCUT2D eigenvalue weighted by atomic mass is 32.2. The molecular formula is C15H12N4O2S. The van der Waals surface area contributed by atoms with Crippen LogP contribution in [0.5, 0.6) is 0 Å². The molecule has 0 spiro atoms. The molecular weight excluding hydrogens is 300 g/mol. The van der Waals surface area contributed by atoms with Gasteiger partial charge in [0.15, 0.2) is 5.76 Å². The average Bonchev–Trinajstić information content (AvgIpc) is 3.15. The molecule has 0 bridgehead atoms. The molecule has 0 aliphatic carbocycles. The Morgan fingerprint density at radius 3 is 2.91 bits per heavy atom. The zero-order chi connectivity index (χ0) is 15.5. The van der Waals surface area contributed by atoms with E-state index in [4.69, 9.17) is 8.83 Å². The standard InChI is InChI=1S/C15H12N4O2S/c1-9-6-10(2)17-15(11(9)7-16)22-8-13-18-19-14(21-13)12-4-3-5-20-12/h3-6H,8H2,1-2H3. The van der Waals surface area contributed by atoms with Gasteiger partial charge < -0.3 is 8.83 Å². The Hall–Kier alpha value is -2.59. The van der Waals surface area contributed by atoms with E-state index in [0.717, 1.165) is 11.3 Å². The first-order valence-corrected chi connectivity index (χ1v) is 7.53. The molecule has 7 heteroatoms. The van der Waals surface area contributed by atoms with E-state index in [2.05, 4.69) is 21.3 Å². The van der Waals surface area contributed by atoms with Crippen molar-refractivity contribution in [3.8, 4) is 17.7 Å². The Bertz CT molecular complexity index is 834. The van der Waals surface area contributed by atoms with Crippen LogP contribution >= 0.6 is 11.8 Å². The van der Waals surface area contributed by atoms with Crippen molar-refractivity contribution < 1.29 is 8.83 Å². The molecule has 0 radical (unpaired) electrons. The highest BCUT2D eigenvalue weighted by molar-refractivity contribution is 7.98. The van der Waals surface area contributed by atoms with Crippen molar-refractivity contribution in [1.29, 1.82) is 5.26 Å². The fourth-order valence-corrected chi connectivity index (χ4v) is 2.92. The fraction of sp³-hybridized carbons (Fsp3) is 0.200. The van der Waals surface area contributed by atoms with E-state index in [1.54, 1.807) is 18.4 Å². The summed E-state index contributed by atoms with van der Waals surface area (Å²) in [4.78, 5) is 4.41. The van der Waals surface area contributed by atoms with Gasteiger partial charge in [0.25, 0.3) is 5.89 Å². The van der Waals surface area contributed by atoms with Gasteiger partial charge in [0, 0.05) is 5.69 Å². The van der Waals surface area contributed by atoms with Gasteiger partial charge in [0.2, 0.25) is 5.89 Å². The molecule has 0 saturated carbocycles. The fourth-order valence-electron chi connectivity index (χ4n) is 1.98. The monoisotopic (exact) mass is 312 g/mol. The molecule has 3 aromatic heterocycles. The van der Waals surface area contributed by atoms with E-state index in [9.17, 15) is 5.26 Å². The van der Waals surface area contributed by atoms with Crippen molar-refractivity contribution in [2.75, 3.05) is 0 Å². The average molecular weight is 312 g/mol. The number of nitrogens with zero attached hydrogens (tertiary/aromatic N) is 4. The van der Waals surface area contributed by atoms with Crippen molar-refractivity contribution in [2.24, 2.45) is 0 Å². The summed E-state index contributed by atoms with van der Waals surface area (Å²) < 4.78 is 10.7. The molecule has 0 atom stereocenters. The van der Waals surface area contributed by atoms with E-state index in [1.165, 1.54) is 11.8 Å². The predicted octanol–water partition coefficient (Wildman–Crippen LogP) is 3.51. The van der Waals surface area contributed by atoms with Crippen LogP contribution in [0.4, 0.5) is 0 Å². The number of aryl methyl sites for hydroxylation is 2. The summed E-state index contributed by atoms with van der Waals surface area (Å²) in [7, 11) is 0. The number of nitriles is 1. The minimum Gasteiger partial charge on any atom is -0.459 e. The van der Waals surface area contributed by atoms with Crippen LogP contribution < -0.4 is 0 Å². The van der Waals surface area contributed by atoms with E-state index in [0.29, 0.717) is 33.9 Å². The van der Waals surface area contributed by atoms with Gasteiger partial charge >= 0.3 is 0 Å². The maximum Gasteiger partial charge on any atom is 0.283 e. The summed E-state index contributed by atoms with van der Waals surface area (Å²) in [5.74, 6) is 1.78. The normalized spacial score (nSPS) is 10.6. The summed E-state index contributed by atoms with van der Waals surface area (Å²) in [6.45, 7) is 3.80. The van der Waals surface area contributed by atoms with Crippen molar-refractivity contribution in [1.82, 2.24) is 15.2 Å². The second-order valence-corrected chi connectivity index (χ2v) is 5.60.